The van der Waals surface area contributed by atoms with Gasteiger partial charge in [0.05, 0.1) is 18.9 Å². The third-order valence-electron chi connectivity index (χ3n) is 6.16. The first-order valence-electron chi connectivity index (χ1n) is 12.2. The Balaban J connectivity index is 1.47. The van der Waals surface area contributed by atoms with Crippen molar-refractivity contribution in [2.45, 2.75) is 0 Å². The van der Waals surface area contributed by atoms with Gasteiger partial charge in [-0.1, -0.05) is 6.07 Å². The van der Waals surface area contributed by atoms with Crippen molar-refractivity contribution in [2.75, 3.05) is 50.6 Å². The van der Waals surface area contributed by atoms with Crippen molar-refractivity contribution in [3.63, 3.8) is 0 Å². The van der Waals surface area contributed by atoms with Crippen LogP contribution in [0.3, 0.4) is 0 Å². The van der Waals surface area contributed by atoms with Gasteiger partial charge in [-0.2, -0.15) is 22.8 Å². The summed E-state index contributed by atoms with van der Waals surface area (Å²) < 4.78 is 40.1. The zero-order chi connectivity index (χ0) is 27.0. The summed E-state index contributed by atoms with van der Waals surface area (Å²) in [6, 6.07) is 12.5. The van der Waals surface area contributed by atoms with Crippen LogP contribution < -0.4 is 10.2 Å². The van der Waals surface area contributed by atoms with E-state index in [-0.39, 0.29) is 11.8 Å². The molecular weight excluding hydrogens is 522 g/mol. The lowest BCUT2D eigenvalue weighted by molar-refractivity contribution is 0.122. The van der Waals surface area contributed by atoms with Crippen molar-refractivity contribution >= 4 is 38.9 Å². The van der Waals surface area contributed by atoms with Crippen molar-refractivity contribution in [2.24, 2.45) is 0 Å². The van der Waals surface area contributed by atoms with Crippen molar-refractivity contribution in [3.8, 4) is 22.7 Å². The number of rotatable bonds is 7. The summed E-state index contributed by atoms with van der Waals surface area (Å²) in [4.78, 5) is 19.9. The number of fused-ring (bicyclic) bond motifs is 1. The highest BCUT2D eigenvalue weighted by atomic mass is 32.2. The maximum atomic E-state index is 13.2. The largest absolute Gasteiger partial charge is 0.449 e. The highest BCUT2D eigenvalue weighted by Gasteiger charge is 2.26. The number of nitrogens with zero attached hydrogens (tertiary/aromatic N) is 8. The van der Waals surface area contributed by atoms with Gasteiger partial charge in [-0.25, -0.2) is 4.98 Å². The molecule has 0 aliphatic carbocycles. The van der Waals surface area contributed by atoms with E-state index in [9.17, 15) is 8.42 Å². The van der Waals surface area contributed by atoms with Gasteiger partial charge in [0.2, 0.25) is 5.95 Å². The van der Waals surface area contributed by atoms with Crippen LogP contribution in [0.25, 0.3) is 33.8 Å². The quantitative estimate of drug-likeness (QED) is 0.321. The van der Waals surface area contributed by atoms with Gasteiger partial charge in [0.1, 0.15) is 17.0 Å². The summed E-state index contributed by atoms with van der Waals surface area (Å²) in [7, 11) is -1.09. The molecule has 1 aliphatic rings. The average Bonchev–Trinajstić information content (AvgIpc) is 3.59. The third kappa shape index (κ3) is 4.80. The Kier molecular flexibility index (Phi) is 6.42. The van der Waals surface area contributed by atoms with Crippen LogP contribution in [-0.2, 0) is 14.9 Å². The lowest BCUT2D eigenvalue weighted by Gasteiger charge is -2.27. The molecule has 0 unspecified atom stereocenters. The normalized spacial score (nSPS) is 14.3. The Morgan fingerprint density at radius 1 is 0.974 bits per heavy atom. The van der Waals surface area contributed by atoms with E-state index >= 15 is 0 Å². The third-order valence-corrected chi connectivity index (χ3v) is 7.79. The van der Waals surface area contributed by atoms with E-state index in [4.69, 9.17) is 14.1 Å². The van der Waals surface area contributed by atoms with Gasteiger partial charge in [-0.15, -0.1) is 4.09 Å². The average molecular weight is 548 g/mol. The van der Waals surface area contributed by atoms with Gasteiger partial charge >= 0.3 is 10.2 Å². The van der Waals surface area contributed by atoms with Gasteiger partial charge in [0, 0.05) is 63.5 Å². The Morgan fingerprint density at radius 2 is 1.77 bits per heavy atom. The van der Waals surface area contributed by atoms with Crippen molar-refractivity contribution in [1.82, 2.24) is 33.4 Å². The minimum Gasteiger partial charge on any atom is -0.449 e. The number of aromatic nitrogens is 6. The molecule has 0 radical (unpaired) electrons. The Hall–Kier alpha value is -4.40. The summed E-state index contributed by atoms with van der Waals surface area (Å²) in [5, 5.41) is 7.46. The second kappa shape index (κ2) is 10.1. The van der Waals surface area contributed by atoms with E-state index in [0.717, 1.165) is 8.39 Å². The molecule has 14 heteroatoms. The molecule has 1 N–H and O–H groups in total. The molecule has 1 saturated heterocycles. The molecule has 1 fully saturated rings. The monoisotopic (exact) mass is 547 g/mol. The zero-order valence-electron chi connectivity index (χ0n) is 21.2. The van der Waals surface area contributed by atoms with Gasteiger partial charge in [-0.3, -0.25) is 9.97 Å². The van der Waals surface area contributed by atoms with Crippen molar-refractivity contribution < 1.29 is 17.6 Å². The second-order valence-corrected chi connectivity index (χ2v) is 10.9. The number of pyridine rings is 2. The first-order chi connectivity index (χ1) is 18.9. The molecule has 1 aliphatic heterocycles. The van der Waals surface area contributed by atoms with Crippen LogP contribution in [-0.4, -0.2) is 82.2 Å². The zero-order valence-corrected chi connectivity index (χ0v) is 22.0. The van der Waals surface area contributed by atoms with E-state index in [1.54, 1.807) is 42.9 Å². The van der Waals surface area contributed by atoms with Crippen LogP contribution in [0.2, 0.25) is 0 Å². The first-order valence-corrected chi connectivity index (χ1v) is 13.6. The maximum absolute atomic E-state index is 13.2. The maximum Gasteiger partial charge on any atom is 0.324 e. The highest BCUT2D eigenvalue weighted by Crippen LogP contribution is 2.34. The number of hydrogen-bond acceptors (Lipinski definition) is 11. The standard InChI is InChI=1S/C25H25N9O4S/c1-32(2)39(35,36)34-22(16-19(31-34)17-6-9-26-10-7-17)29-25-28-20-15-21(18-5-3-4-8-27-18)38-23(20)24(30-25)33-11-13-37-14-12-33/h3-10,15-16H,11-14H2,1-2H3,(H,28,29,30). The molecule has 0 bridgehead atoms. The Morgan fingerprint density at radius 3 is 2.49 bits per heavy atom. The Bertz CT molecular complexity index is 1710. The summed E-state index contributed by atoms with van der Waals surface area (Å²) in [5.74, 6) is 1.49. The number of anilines is 3. The van der Waals surface area contributed by atoms with Crippen molar-refractivity contribution in [3.05, 3.63) is 61.1 Å². The molecule has 0 spiro atoms. The summed E-state index contributed by atoms with van der Waals surface area (Å²) in [6.45, 7) is 2.32. The van der Waals surface area contributed by atoms with E-state index < -0.39 is 10.2 Å². The van der Waals surface area contributed by atoms with Crippen LogP contribution in [0, 0.1) is 0 Å². The smallest absolute Gasteiger partial charge is 0.324 e. The molecule has 13 nitrogen and oxygen atoms in total. The SMILES string of the molecule is CN(C)S(=O)(=O)n1nc(-c2ccncc2)cc1Nc1nc(N2CCOCC2)c2oc(-c3ccccn3)cc2n1. The lowest BCUT2D eigenvalue weighted by Crippen LogP contribution is -2.37. The van der Waals surface area contributed by atoms with E-state index in [0.29, 0.717) is 65.9 Å². The molecule has 6 rings (SSSR count). The van der Waals surface area contributed by atoms with Crippen molar-refractivity contribution in [1.29, 1.82) is 0 Å². The minimum atomic E-state index is -3.97. The molecular formula is C25H25N9O4S. The molecule has 39 heavy (non-hydrogen) atoms. The predicted molar refractivity (Wildman–Crippen MR) is 145 cm³/mol. The summed E-state index contributed by atoms with van der Waals surface area (Å²) in [6.07, 6.45) is 4.92. The summed E-state index contributed by atoms with van der Waals surface area (Å²) >= 11 is 0. The highest BCUT2D eigenvalue weighted by molar-refractivity contribution is 7.87. The van der Waals surface area contributed by atoms with E-state index in [1.165, 1.54) is 14.1 Å². The Labute approximate surface area is 224 Å². The van der Waals surface area contributed by atoms with Gasteiger partial charge in [0.25, 0.3) is 0 Å². The molecule has 5 aromatic heterocycles. The van der Waals surface area contributed by atoms with Crippen LogP contribution in [0.4, 0.5) is 17.6 Å². The van der Waals surface area contributed by atoms with Gasteiger partial charge in [0.15, 0.2) is 17.2 Å². The second-order valence-electron chi connectivity index (χ2n) is 8.92. The van der Waals surface area contributed by atoms with E-state index in [1.807, 2.05) is 18.2 Å². The number of furan rings is 1. The van der Waals surface area contributed by atoms with Gasteiger partial charge < -0.3 is 19.4 Å². The van der Waals surface area contributed by atoms with Crippen LogP contribution in [0.15, 0.2) is 65.5 Å². The number of hydrogen-bond donors (Lipinski definition) is 1. The van der Waals surface area contributed by atoms with Gasteiger partial charge in [-0.05, 0) is 24.3 Å². The molecule has 0 aromatic carbocycles. The van der Waals surface area contributed by atoms with Crippen LogP contribution >= 0.6 is 0 Å². The number of nitrogens with one attached hydrogen (secondary N) is 1. The van der Waals surface area contributed by atoms with E-state index in [2.05, 4.69) is 30.3 Å². The summed E-state index contributed by atoms with van der Waals surface area (Å²) in [5.41, 5.74) is 2.87. The molecule has 6 heterocycles. The molecule has 200 valence electrons. The molecule has 0 amide bonds. The van der Waals surface area contributed by atoms with Crippen LogP contribution in [0.1, 0.15) is 0 Å². The fraction of sp³-hybridized carbons (Fsp3) is 0.240. The fourth-order valence-corrected chi connectivity index (χ4v) is 5.00. The number of ether oxygens (including phenoxy) is 1. The fourth-order valence-electron chi connectivity index (χ4n) is 4.15. The van der Waals surface area contributed by atoms with Crippen LogP contribution in [0.5, 0.6) is 0 Å². The minimum absolute atomic E-state index is 0.177. The first kappa shape index (κ1) is 24.9. The molecule has 5 aromatic rings. The molecule has 0 saturated carbocycles. The molecule has 0 atom stereocenters. The predicted octanol–water partition coefficient (Wildman–Crippen LogP) is 2.78. The topological polar surface area (TPSA) is 144 Å². The lowest BCUT2D eigenvalue weighted by atomic mass is 10.2. The number of morpholine rings is 1.